The van der Waals surface area contributed by atoms with Crippen molar-refractivity contribution in [3.63, 3.8) is 0 Å². The number of para-hydroxylation sites is 2. The largest absolute Gasteiger partial charge is 0.495 e. The Morgan fingerprint density at radius 2 is 2.04 bits per heavy atom. The Hall–Kier alpha value is -2.56. The van der Waals surface area contributed by atoms with Crippen molar-refractivity contribution >= 4 is 17.3 Å². The van der Waals surface area contributed by atoms with E-state index < -0.39 is 0 Å². The minimum atomic E-state index is -0.148. The van der Waals surface area contributed by atoms with E-state index >= 15 is 0 Å². The second kappa shape index (κ2) is 8.78. The first-order chi connectivity index (χ1) is 11.2. The predicted octanol–water partition coefficient (Wildman–Crippen LogP) is 3.75. The number of carbonyl (C=O) groups is 1. The summed E-state index contributed by atoms with van der Waals surface area (Å²) >= 11 is 0. The van der Waals surface area contributed by atoms with Crippen LogP contribution in [0.5, 0.6) is 5.75 Å². The van der Waals surface area contributed by atoms with Gasteiger partial charge in [0.25, 0.3) is 5.91 Å². The highest BCUT2D eigenvalue weighted by molar-refractivity contribution is 5.93. The molecule has 2 rings (SSSR count). The molecular formula is C18H23N3O2. The number of anilines is 2. The maximum absolute atomic E-state index is 12.1. The molecule has 0 aliphatic heterocycles. The number of nitrogens with zero attached hydrogens (tertiary/aromatic N) is 1. The summed E-state index contributed by atoms with van der Waals surface area (Å²) in [7, 11) is 1.63. The third kappa shape index (κ3) is 4.98. The molecule has 0 aliphatic rings. The normalized spacial score (nSPS) is 10.2. The lowest BCUT2D eigenvalue weighted by Crippen LogP contribution is -2.25. The molecule has 5 nitrogen and oxygen atoms in total. The van der Waals surface area contributed by atoms with Crippen molar-refractivity contribution in [1.82, 2.24) is 10.3 Å². The predicted molar refractivity (Wildman–Crippen MR) is 92.4 cm³/mol. The number of ether oxygens (including phenoxy) is 1. The van der Waals surface area contributed by atoms with Crippen molar-refractivity contribution in [2.75, 3.05) is 19.0 Å². The highest BCUT2D eigenvalue weighted by atomic mass is 16.5. The number of unbranched alkanes of at least 4 members (excludes halogenated alkanes) is 2. The monoisotopic (exact) mass is 313 g/mol. The number of amides is 1. The summed E-state index contributed by atoms with van der Waals surface area (Å²) in [5.74, 6) is 0.597. The van der Waals surface area contributed by atoms with E-state index in [9.17, 15) is 4.79 Å². The Balaban J connectivity index is 2.03. The van der Waals surface area contributed by atoms with Crippen molar-refractivity contribution in [3.05, 3.63) is 48.3 Å². The van der Waals surface area contributed by atoms with E-state index in [2.05, 4.69) is 22.5 Å². The van der Waals surface area contributed by atoms with Gasteiger partial charge in [0, 0.05) is 18.4 Å². The second-order valence-electron chi connectivity index (χ2n) is 5.22. The number of rotatable bonds is 8. The van der Waals surface area contributed by atoms with E-state index in [1.54, 1.807) is 19.4 Å². The van der Waals surface area contributed by atoms with E-state index in [-0.39, 0.29) is 5.91 Å². The molecule has 122 valence electrons. The standard InChI is InChI=1S/C18H23N3O2/c1-3-4-7-11-20-18(22)16-13-14(10-12-19-16)21-15-8-5-6-9-17(15)23-2/h5-6,8-10,12-13H,3-4,7,11H2,1-2H3,(H,19,21)(H,20,22). The Morgan fingerprint density at radius 1 is 1.22 bits per heavy atom. The number of hydrogen-bond acceptors (Lipinski definition) is 4. The summed E-state index contributed by atoms with van der Waals surface area (Å²) in [5, 5.41) is 6.14. The van der Waals surface area contributed by atoms with Gasteiger partial charge in [-0.1, -0.05) is 31.9 Å². The first kappa shape index (κ1) is 16.8. The van der Waals surface area contributed by atoms with Crippen molar-refractivity contribution < 1.29 is 9.53 Å². The molecule has 0 saturated heterocycles. The number of carbonyl (C=O) groups excluding carboxylic acids is 1. The first-order valence-electron chi connectivity index (χ1n) is 7.89. The van der Waals surface area contributed by atoms with E-state index in [4.69, 9.17) is 4.74 Å². The number of hydrogen-bond donors (Lipinski definition) is 2. The Kier molecular flexibility index (Phi) is 6.41. The fourth-order valence-electron chi connectivity index (χ4n) is 2.20. The summed E-state index contributed by atoms with van der Waals surface area (Å²) in [6.45, 7) is 2.81. The van der Waals surface area contributed by atoms with Gasteiger partial charge < -0.3 is 15.4 Å². The lowest BCUT2D eigenvalue weighted by Gasteiger charge is -2.11. The average Bonchev–Trinajstić information content (AvgIpc) is 2.59. The third-order valence-corrected chi connectivity index (χ3v) is 3.44. The average molecular weight is 313 g/mol. The van der Waals surface area contributed by atoms with Crippen molar-refractivity contribution in [3.8, 4) is 5.75 Å². The van der Waals surface area contributed by atoms with Gasteiger partial charge in [0.05, 0.1) is 12.8 Å². The molecule has 0 atom stereocenters. The number of pyridine rings is 1. The van der Waals surface area contributed by atoms with Crippen LogP contribution >= 0.6 is 0 Å². The van der Waals surface area contributed by atoms with Crippen LogP contribution in [0.3, 0.4) is 0 Å². The molecule has 23 heavy (non-hydrogen) atoms. The minimum absolute atomic E-state index is 0.148. The van der Waals surface area contributed by atoms with Crippen LogP contribution in [-0.4, -0.2) is 24.5 Å². The van der Waals surface area contributed by atoms with E-state index in [0.29, 0.717) is 12.2 Å². The fourth-order valence-corrected chi connectivity index (χ4v) is 2.20. The molecule has 0 bridgehead atoms. The number of aromatic nitrogens is 1. The van der Waals surface area contributed by atoms with Crippen LogP contribution in [0.2, 0.25) is 0 Å². The molecule has 0 saturated carbocycles. The van der Waals surface area contributed by atoms with Gasteiger partial charge in [0.15, 0.2) is 0 Å². The number of methoxy groups -OCH3 is 1. The van der Waals surface area contributed by atoms with Gasteiger partial charge in [0.1, 0.15) is 11.4 Å². The van der Waals surface area contributed by atoms with Crippen LogP contribution in [0, 0.1) is 0 Å². The molecule has 5 heteroatoms. The van der Waals surface area contributed by atoms with Gasteiger partial charge in [-0.25, -0.2) is 0 Å². The van der Waals surface area contributed by atoms with E-state index in [0.717, 1.165) is 36.4 Å². The Bertz CT molecular complexity index is 644. The maximum Gasteiger partial charge on any atom is 0.269 e. The van der Waals surface area contributed by atoms with Crippen LogP contribution < -0.4 is 15.4 Å². The fraction of sp³-hybridized carbons (Fsp3) is 0.333. The van der Waals surface area contributed by atoms with Crippen molar-refractivity contribution in [1.29, 1.82) is 0 Å². The van der Waals surface area contributed by atoms with Crippen LogP contribution in [0.15, 0.2) is 42.6 Å². The highest BCUT2D eigenvalue weighted by Gasteiger charge is 2.08. The molecule has 1 heterocycles. The number of benzene rings is 1. The molecule has 0 radical (unpaired) electrons. The van der Waals surface area contributed by atoms with Crippen LogP contribution in [-0.2, 0) is 0 Å². The van der Waals surface area contributed by atoms with E-state index in [1.807, 2.05) is 30.3 Å². The second-order valence-corrected chi connectivity index (χ2v) is 5.22. The zero-order valence-corrected chi connectivity index (χ0v) is 13.6. The molecule has 0 aliphatic carbocycles. The van der Waals surface area contributed by atoms with Crippen LogP contribution in [0.4, 0.5) is 11.4 Å². The summed E-state index contributed by atoms with van der Waals surface area (Å²) in [5.41, 5.74) is 2.04. The zero-order valence-electron chi connectivity index (χ0n) is 13.6. The lowest BCUT2D eigenvalue weighted by atomic mass is 10.2. The van der Waals surface area contributed by atoms with Crippen molar-refractivity contribution in [2.45, 2.75) is 26.2 Å². The van der Waals surface area contributed by atoms with Crippen LogP contribution in [0.25, 0.3) is 0 Å². The first-order valence-corrected chi connectivity index (χ1v) is 7.89. The summed E-state index contributed by atoms with van der Waals surface area (Å²) < 4.78 is 5.31. The summed E-state index contributed by atoms with van der Waals surface area (Å²) in [6.07, 6.45) is 4.86. The topological polar surface area (TPSA) is 63.2 Å². The highest BCUT2D eigenvalue weighted by Crippen LogP contribution is 2.26. The minimum Gasteiger partial charge on any atom is -0.495 e. The molecule has 2 aromatic rings. The zero-order chi connectivity index (χ0) is 16.5. The Labute approximate surface area is 137 Å². The molecular weight excluding hydrogens is 290 g/mol. The Morgan fingerprint density at radius 3 is 2.83 bits per heavy atom. The quantitative estimate of drug-likeness (QED) is 0.729. The van der Waals surface area contributed by atoms with Gasteiger partial charge in [0.2, 0.25) is 0 Å². The van der Waals surface area contributed by atoms with Gasteiger partial charge in [-0.05, 0) is 30.7 Å². The summed E-state index contributed by atoms with van der Waals surface area (Å²) in [6, 6.07) is 11.2. The number of nitrogens with one attached hydrogen (secondary N) is 2. The van der Waals surface area contributed by atoms with Crippen molar-refractivity contribution in [2.24, 2.45) is 0 Å². The van der Waals surface area contributed by atoms with Crippen LogP contribution in [0.1, 0.15) is 36.7 Å². The molecule has 2 N–H and O–H groups in total. The molecule has 0 unspecified atom stereocenters. The molecule has 1 aromatic carbocycles. The lowest BCUT2D eigenvalue weighted by molar-refractivity contribution is 0.0948. The van der Waals surface area contributed by atoms with E-state index in [1.165, 1.54) is 0 Å². The van der Waals surface area contributed by atoms with Gasteiger partial charge >= 0.3 is 0 Å². The summed E-state index contributed by atoms with van der Waals surface area (Å²) in [4.78, 5) is 16.2. The van der Waals surface area contributed by atoms with Gasteiger partial charge in [-0.15, -0.1) is 0 Å². The molecule has 0 spiro atoms. The third-order valence-electron chi connectivity index (χ3n) is 3.44. The smallest absolute Gasteiger partial charge is 0.269 e. The molecule has 0 fully saturated rings. The maximum atomic E-state index is 12.1. The van der Waals surface area contributed by atoms with Gasteiger partial charge in [-0.3, -0.25) is 9.78 Å². The molecule has 1 amide bonds. The molecule has 1 aromatic heterocycles. The SMILES string of the molecule is CCCCCNC(=O)c1cc(Nc2ccccc2OC)ccn1. The van der Waals surface area contributed by atoms with Gasteiger partial charge in [-0.2, -0.15) is 0 Å².